The molecule has 0 saturated heterocycles. The van der Waals surface area contributed by atoms with Crippen LogP contribution in [0.15, 0.2) is 77.9 Å². The Bertz CT molecular complexity index is 1160. The molecule has 1 N–H and O–H groups in total. The molecule has 0 atom stereocenters. The van der Waals surface area contributed by atoms with Crippen molar-refractivity contribution in [3.05, 3.63) is 95.1 Å². The standard InChI is InChI=1S/C27H26N2O5/c1-19-5-4-6-20(2)27(19)33-18-25(30)29-28-17-22-9-14-24(15-10-22)34-26(31)16-11-21-7-12-23(32-3)13-8-21/h4-17H,18H2,1-3H3,(H,29,30)/b16-11+,28-17?. The fourth-order valence-corrected chi connectivity index (χ4v) is 3.03. The van der Waals surface area contributed by atoms with Crippen LogP contribution in [0.3, 0.4) is 0 Å². The first-order chi connectivity index (χ1) is 16.4. The van der Waals surface area contributed by atoms with Crippen molar-refractivity contribution in [2.75, 3.05) is 13.7 Å². The van der Waals surface area contributed by atoms with E-state index in [-0.39, 0.29) is 12.5 Å². The van der Waals surface area contributed by atoms with Gasteiger partial charge in [0.1, 0.15) is 17.2 Å². The number of carbonyl (C=O) groups excluding carboxylic acids is 2. The number of nitrogens with one attached hydrogen (secondary N) is 1. The van der Waals surface area contributed by atoms with Crippen LogP contribution in [0.2, 0.25) is 0 Å². The lowest BCUT2D eigenvalue weighted by molar-refractivity contribution is -0.129. The number of para-hydroxylation sites is 1. The molecular weight excluding hydrogens is 432 g/mol. The van der Waals surface area contributed by atoms with Gasteiger partial charge in [-0.2, -0.15) is 5.10 Å². The van der Waals surface area contributed by atoms with Crippen LogP contribution in [0, 0.1) is 13.8 Å². The van der Waals surface area contributed by atoms with E-state index in [0.717, 1.165) is 28.0 Å². The summed E-state index contributed by atoms with van der Waals surface area (Å²) < 4.78 is 16.0. The summed E-state index contributed by atoms with van der Waals surface area (Å²) >= 11 is 0. The van der Waals surface area contributed by atoms with Crippen molar-refractivity contribution >= 4 is 24.2 Å². The van der Waals surface area contributed by atoms with Gasteiger partial charge < -0.3 is 14.2 Å². The Balaban J connectivity index is 1.44. The van der Waals surface area contributed by atoms with Crippen LogP contribution >= 0.6 is 0 Å². The second kappa shape index (κ2) is 12.0. The summed E-state index contributed by atoms with van der Waals surface area (Å²) in [7, 11) is 1.60. The molecule has 3 aromatic rings. The molecule has 0 aliphatic rings. The van der Waals surface area contributed by atoms with Gasteiger partial charge >= 0.3 is 5.97 Å². The summed E-state index contributed by atoms with van der Waals surface area (Å²) in [6.45, 7) is 3.72. The number of hydrogen-bond donors (Lipinski definition) is 1. The molecule has 0 fully saturated rings. The highest BCUT2D eigenvalue weighted by Crippen LogP contribution is 2.22. The predicted molar refractivity (Wildman–Crippen MR) is 131 cm³/mol. The van der Waals surface area contributed by atoms with Crippen molar-refractivity contribution in [1.82, 2.24) is 5.43 Å². The van der Waals surface area contributed by atoms with Gasteiger partial charge in [0.25, 0.3) is 5.91 Å². The van der Waals surface area contributed by atoms with Crippen molar-refractivity contribution < 1.29 is 23.8 Å². The molecule has 3 rings (SSSR count). The largest absolute Gasteiger partial charge is 0.497 e. The van der Waals surface area contributed by atoms with Crippen LogP contribution < -0.4 is 19.6 Å². The summed E-state index contributed by atoms with van der Waals surface area (Å²) in [5.41, 5.74) is 5.94. The molecule has 0 bridgehead atoms. The number of benzene rings is 3. The minimum absolute atomic E-state index is 0.137. The zero-order valence-corrected chi connectivity index (χ0v) is 19.3. The number of amides is 1. The van der Waals surface area contributed by atoms with Gasteiger partial charge in [-0.25, -0.2) is 10.2 Å². The van der Waals surface area contributed by atoms with E-state index in [9.17, 15) is 9.59 Å². The third-order valence-corrected chi connectivity index (χ3v) is 4.79. The number of aryl methyl sites for hydroxylation is 2. The average molecular weight is 459 g/mol. The summed E-state index contributed by atoms with van der Waals surface area (Å²) in [4.78, 5) is 24.0. The summed E-state index contributed by atoms with van der Waals surface area (Å²) in [6.07, 6.45) is 4.51. The van der Waals surface area contributed by atoms with E-state index in [1.165, 1.54) is 12.3 Å². The number of carbonyl (C=O) groups is 2. The molecule has 3 aromatic carbocycles. The molecule has 0 radical (unpaired) electrons. The van der Waals surface area contributed by atoms with Crippen molar-refractivity contribution in [3.63, 3.8) is 0 Å². The topological polar surface area (TPSA) is 86.2 Å². The molecule has 0 aliphatic heterocycles. The van der Waals surface area contributed by atoms with E-state index in [2.05, 4.69) is 10.5 Å². The third kappa shape index (κ3) is 7.34. The number of nitrogens with zero attached hydrogens (tertiary/aromatic N) is 1. The van der Waals surface area contributed by atoms with Gasteiger partial charge in [0.2, 0.25) is 0 Å². The first kappa shape index (κ1) is 24.3. The second-order valence-corrected chi connectivity index (χ2v) is 7.40. The lowest BCUT2D eigenvalue weighted by Crippen LogP contribution is -2.25. The van der Waals surface area contributed by atoms with Crippen molar-refractivity contribution in [1.29, 1.82) is 0 Å². The first-order valence-corrected chi connectivity index (χ1v) is 10.6. The SMILES string of the molecule is COc1ccc(/C=C/C(=O)Oc2ccc(C=NNC(=O)COc3c(C)cccc3C)cc2)cc1. The Morgan fingerprint density at radius 1 is 0.882 bits per heavy atom. The number of hydrogen-bond acceptors (Lipinski definition) is 6. The quantitative estimate of drug-likeness (QED) is 0.168. The van der Waals surface area contributed by atoms with Crippen LogP contribution in [0.4, 0.5) is 0 Å². The first-order valence-electron chi connectivity index (χ1n) is 10.6. The fraction of sp³-hybridized carbons (Fsp3) is 0.148. The van der Waals surface area contributed by atoms with E-state index in [4.69, 9.17) is 14.2 Å². The third-order valence-electron chi connectivity index (χ3n) is 4.79. The highest BCUT2D eigenvalue weighted by Gasteiger charge is 2.06. The molecule has 0 aromatic heterocycles. The maximum Gasteiger partial charge on any atom is 0.336 e. The fourth-order valence-electron chi connectivity index (χ4n) is 3.03. The molecule has 0 unspecified atom stereocenters. The van der Waals surface area contributed by atoms with Gasteiger partial charge in [-0.05, 0) is 78.6 Å². The van der Waals surface area contributed by atoms with Gasteiger partial charge in [-0.3, -0.25) is 4.79 Å². The van der Waals surface area contributed by atoms with Crippen LogP contribution in [-0.4, -0.2) is 31.8 Å². The number of hydrazone groups is 1. The number of esters is 1. The monoisotopic (exact) mass is 458 g/mol. The van der Waals surface area contributed by atoms with Crippen LogP contribution in [-0.2, 0) is 9.59 Å². The molecule has 34 heavy (non-hydrogen) atoms. The Hall–Kier alpha value is -4.39. The maximum absolute atomic E-state index is 12.0. The van der Waals surface area contributed by atoms with Gasteiger partial charge in [-0.15, -0.1) is 0 Å². The zero-order chi connectivity index (χ0) is 24.3. The van der Waals surface area contributed by atoms with Crippen LogP contribution in [0.5, 0.6) is 17.2 Å². The molecule has 1 amide bonds. The normalized spacial score (nSPS) is 10.9. The van der Waals surface area contributed by atoms with Gasteiger partial charge in [-0.1, -0.05) is 30.3 Å². The Morgan fingerprint density at radius 3 is 2.15 bits per heavy atom. The molecular formula is C27H26N2O5. The minimum Gasteiger partial charge on any atom is -0.497 e. The van der Waals surface area contributed by atoms with Crippen molar-refractivity contribution in [2.45, 2.75) is 13.8 Å². The van der Waals surface area contributed by atoms with E-state index in [1.807, 2.05) is 56.3 Å². The number of rotatable bonds is 9. The van der Waals surface area contributed by atoms with Gasteiger partial charge in [0.15, 0.2) is 6.61 Å². The Morgan fingerprint density at radius 2 is 1.50 bits per heavy atom. The number of methoxy groups -OCH3 is 1. The van der Waals surface area contributed by atoms with Gasteiger partial charge in [0.05, 0.1) is 13.3 Å². The van der Waals surface area contributed by atoms with E-state index in [1.54, 1.807) is 37.5 Å². The molecule has 174 valence electrons. The van der Waals surface area contributed by atoms with Crippen molar-refractivity contribution in [3.8, 4) is 17.2 Å². The zero-order valence-electron chi connectivity index (χ0n) is 19.3. The van der Waals surface area contributed by atoms with E-state index in [0.29, 0.717) is 11.5 Å². The molecule has 7 nitrogen and oxygen atoms in total. The predicted octanol–water partition coefficient (Wildman–Crippen LogP) is 4.46. The molecule has 0 spiro atoms. The maximum atomic E-state index is 12.0. The highest BCUT2D eigenvalue weighted by molar-refractivity contribution is 5.89. The highest BCUT2D eigenvalue weighted by atomic mass is 16.5. The lowest BCUT2D eigenvalue weighted by Gasteiger charge is -2.10. The lowest BCUT2D eigenvalue weighted by atomic mass is 10.1. The molecule has 7 heteroatoms. The molecule has 0 saturated carbocycles. The molecule has 0 heterocycles. The van der Waals surface area contributed by atoms with Crippen LogP contribution in [0.25, 0.3) is 6.08 Å². The smallest absolute Gasteiger partial charge is 0.336 e. The minimum atomic E-state index is -0.492. The van der Waals surface area contributed by atoms with E-state index < -0.39 is 5.97 Å². The van der Waals surface area contributed by atoms with E-state index >= 15 is 0 Å². The Labute approximate surface area is 198 Å². The number of ether oxygens (including phenoxy) is 3. The summed E-state index contributed by atoms with van der Waals surface area (Å²) in [5, 5.41) is 3.93. The van der Waals surface area contributed by atoms with Crippen molar-refractivity contribution in [2.24, 2.45) is 5.10 Å². The summed E-state index contributed by atoms with van der Waals surface area (Å²) in [5.74, 6) is 0.980. The van der Waals surface area contributed by atoms with Crippen LogP contribution in [0.1, 0.15) is 22.3 Å². The molecule has 0 aliphatic carbocycles. The summed E-state index contributed by atoms with van der Waals surface area (Å²) in [6, 6.07) is 19.8. The Kier molecular flexibility index (Phi) is 8.57. The second-order valence-electron chi connectivity index (χ2n) is 7.40. The average Bonchev–Trinajstić information content (AvgIpc) is 2.84. The van der Waals surface area contributed by atoms with Gasteiger partial charge in [0, 0.05) is 6.08 Å².